The Labute approximate surface area is 162 Å². The van der Waals surface area contributed by atoms with E-state index in [0.29, 0.717) is 27.5 Å². The molecule has 2 N–H and O–H groups in total. The Kier molecular flexibility index (Phi) is 5.39. The molecule has 26 heavy (non-hydrogen) atoms. The quantitative estimate of drug-likeness (QED) is 0.486. The second-order valence-electron chi connectivity index (χ2n) is 5.47. The van der Waals surface area contributed by atoms with Crippen molar-refractivity contribution in [2.24, 2.45) is 5.10 Å². The number of aryl methyl sites for hydroxylation is 1. The van der Waals surface area contributed by atoms with E-state index >= 15 is 0 Å². The van der Waals surface area contributed by atoms with Gasteiger partial charge in [-0.15, -0.1) is 0 Å². The highest BCUT2D eigenvalue weighted by Crippen LogP contribution is 2.12. The smallest absolute Gasteiger partial charge is 0.280 e. The van der Waals surface area contributed by atoms with Gasteiger partial charge in [-0.1, -0.05) is 27.5 Å². The summed E-state index contributed by atoms with van der Waals surface area (Å²) in [6.07, 6.45) is 1.33. The number of hydrogen-bond donors (Lipinski definition) is 2. The monoisotopic (exact) mass is 432 g/mol. The Hall–Kier alpha value is -2.64. The maximum atomic E-state index is 12.5. The number of halogens is 2. The first-order valence-corrected chi connectivity index (χ1v) is 8.79. The van der Waals surface area contributed by atoms with E-state index in [1.807, 2.05) is 0 Å². The highest BCUT2D eigenvalue weighted by atomic mass is 79.9. The summed E-state index contributed by atoms with van der Waals surface area (Å²) < 4.78 is 2.27. The Morgan fingerprint density at radius 1 is 1.19 bits per heavy atom. The van der Waals surface area contributed by atoms with Gasteiger partial charge in [0.05, 0.1) is 17.5 Å². The first-order valence-electron chi connectivity index (χ1n) is 7.62. The average molecular weight is 434 g/mol. The molecular formula is C18H14BrClN4O2. The van der Waals surface area contributed by atoms with Crippen molar-refractivity contribution in [3.05, 3.63) is 85.2 Å². The van der Waals surface area contributed by atoms with Gasteiger partial charge < -0.3 is 0 Å². The number of nitrogens with one attached hydrogen (secondary N) is 2. The number of amides is 1. The van der Waals surface area contributed by atoms with Gasteiger partial charge in [0.25, 0.3) is 11.5 Å². The van der Waals surface area contributed by atoms with Crippen molar-refractivity contribution in [2.45, 2.75) is 6.92 Å². The molecule has 0 unspecified atom stereocenters. The van der Waals surface area contributed by atoms with E-state index in [0.717, 1.165) is 4.47 Å². The molecule has 0 aliphatic carbocycles. The minimum atomic E-state index is -0.361. The lowest BCUT2D eigenvalue weighted by Crippen LogP contribution is -2.20. The van der Waals surface area contributed by atoms with E-state index in [2.05, 4.69) is 31.6 Å². The zero-order valence-corrected chi connectivity index (χ0v) is 16.0. The maximum absolute atomic E-state index is 12.5. The summed E-state index contributed by atoms with van der Waals surface area (Å²) in [5, 5.41) is 7.45. The first kappa shape index (κ1) is 18.2. The fourth-order valence-electron chi connectivity index (χ4n) is 2.30. The number of aromatic amines is 1. The number of rotatable bonds is 4. The highest BCUT2D eigenvalue weighted by molar-refractivity contribution is 9.10. The third-order valence-corrected chi connectivity index (χ3v) is 4.45. The van der Waals surface area contributed by atoms with E-state index in [4.69, 9.17) is 11.6 Å². The molecule has 0 saturated carbocycles. The van der Waals surface area contributed by atoms with Crippen LogP contribution in [0.5, 0.6) is 0 Å². The fraction of sp³-hybridized carbons (Fsp3) is 0.0556. The third-order valence-electron chi connectivity index (χ3n) is 3.67. The van der Waals surface area contributed by atoms with Crippen LogP contribution in [0.1, 0.15) is 21.6 Å². The average Bonchev–Trinajstić information content (AvgIpc) is 2.91. The molecule has 3 aromatic rings. The Morgan fingerprint density at radius 2 is 1.85 bits per heavy atom. The van der Waals surface area contributed by atoms with Crippen LogP contribution in [0, 0.1) is 6.92 Å². The summed E-state index contributed by atoms with van der Waals surface area (Å²) in [7, 11) is 0. The SMILES string of the molecule is Cc1[nH]n(-c2ccc(Cl)cc2)c(=O)c1/C=N/NC(=O)c1ccc(Br)cc1. The van der Waals surface area contributed by atoms with Gasteiger partial charge in [0.2, 0.25) is 0 Å². The number of hydrogen-bond acceptors (Lipinski definition) is 3. The van der Waals surface area contributed by atoms with Crippen molar-refractivity contribution in [3.8, 4) is 5.69 Å². The number of carbonyl (C=O) groups is 1. The molecule has 1 aromatic heterocycles. The molecule has 0 radical (unpaired) electrons. The van der Waals surface area contributed by atoms with Crippen LogP contribution in [0.4, 0.5) is 0 Å². The summed E-state index contributed by atoms with van der Waals surface area (Å²) >= 11 is 9.18. The molecule has 3 rings (SSSR count). The number of hydrazone groups is 1. The van der Waals surface area contributed by atoms with Crippen LogP contribution in [-0.2, 0) is 0 Å². The van der Waals surface area contributed by atoms with Gasteiger partial charge in [-0.2, -0.15) is 5.10 Å². The van der Waals surface area contributed by atoms with Crippen LogP contribution in [-0.4, -0.2) is 21.9 Å². The predicted octanol–water partition coefficient (Wildman–Crippen LogP) is 3.65. The van der Waals surface area contributed by atoms with Gasteiger partial charge in [0.15, 0.2) is 0 Å². The molecule has 0 aliphatic rings. The Balaban J connectivity index is 1.78. The van der Waals surface area contributed by atoms with Crippen molar-refractivity contribution in [1.82, 2.24) is 15.2 Å². The van der Waals surface area contributed by atoms with Gasteiger partial charge in [-0.25, -0.2) is 10.1 Å². The van der Waals surface area contributed by atoms with E-state index in [1.165, 1.54) is 10.9 Å². The summed E-state index contributed by atoms with van der Waals surface area (Å²) in [6, 6.07) is 13.7. The predicted molar refractivity (Wildman–Crippen MR) is 105 cm³/mol. The molecule has 0 bridgehead atoms. The number of aromatic nitrogens is 2. The topological polar surface area (TPSA) is 79.2 Å². The molecule has 132 valence electrons. The van der Waals surface area contributed by atoms with Crippen LogP contribution in [0.2, 0.25) is 5.02 Å². The Morgan fingerprint density at radius 3 is 2.50 bits per heavy atom. The molecular weight excluding hydrogens is 420 g/mol. The minimum absolute atomic E-state index is 0.272. The van der Waals surface area contributed by atoms with Crippen molar-refractivity contribution in [3.63, 3.8) is 0 Å². The summed E-state index contributed by atoms with van der Waals surface area (Å²) in [5.41, 5.74) is 4.25. The van der Waals surface area contributed by atoms with Crippen LogP contribution in [0.25, 0.3) is 5.69 Å². The van der Waals surface area contributed by atoms with Crippen molar-refractivity contribution >= 4 is 39.7 Å². The van der Waals surface area contributed by atoms with Crippen molar-refractivity contribution < 1.29 is 4.79 Å². The van der Waals surface area contributed by atoms with Crippen molar-refractivity contribution in [2.75, 3.05) is 0 Å². The Bertz CT molecular complexity index is 1020. The molecule has 0 aliphatic heterocycles. The summed E-state index contributed by atoms with van der Waals surface area (Å²) in [4.78, 5) is 24.6. The van der Waals surface area contributed by atoms with E-state index < -0.39 is 0 Å². The zero-order valence-electron chi connectivity index (χ0n) is 13.7. The molecule has 2 aromatic carbocycles. The molecule has 0 fully saturated rings. The molecule has 1 heterocycles. The highest BCUT2D eigenvalue weighted by Gasteiger charge is 2.11. The van der Waals surface area contributed by atoms with E-state index in [9.17, 15) is 9.59 Å². The van der Waals surface area contributed by atoms with Crippen LogP contribution < -0.4 is 11.0 Å². The molecule has 8 heteroatoms. The zero-order chi connectivity index (χ0) is 18.7. The fourth-order valence-corrected chi connectivity index (χ4v) is 2.70. The molecule has 0 atom stereocenters. The molecule has 1 amide bonds. The lowest BCUT2D eigenvalue weighted by molar-refractivity contribution is 0.0955. The molecule has 6 nitrogen and oxygen atoms in total. The van der Waals surface area contributed by atoms with Crippen molar-refractivity contribution in [1.29, 1.82) is 0 Å². The van der Waals surface area contributed by atoms with Crippen LogP contribution >= 0.6 is 27.5 Å². The molecule has 0 spiro atoms. The summed E-state index contributed by atoms with van der Waals surface area (Å²) in [5.74, 6) is -0.361. The van der Waals surface area contributed by atoms with E-state index in [1.54, 1.807) is 55.5 Å². The second-order valence-corrected chi connectivity index (χ2v) is 6.83. The van der Waals surface area contributed by atoms with Gasteiger partial charge in [-0.05, 0) is 55.5 Å². The summed E-state index contributed by atoms with van der Waals surface area (Å²) in [6.45, 7) is 1.76. The maximum Gasteiger partial charge on any atom is 0.280 e. The lowest BCUT2D eigenvalue weighted by Gasteiger charge is -2.00. The van der Waals surface area contributed by atoms with Gasteiger partial charge in [-0.3, -0.25) is 14.7 Å². The van der Waals surface area contributed by atoms with Gasteiger partial charge in [0, 0.05) is 20.8 Å². The lowest BCUT2D eigenvalue weighted by atomic mass is 10.2. The standard InChI is InChI=1S/C18H14BrClN4O2/c1-11-16(10-21-22-17(25)12-2-4-13(19)5-3-12)18(26)24(23-11)15-8-6-14(20)7-9-15/h2-10,23H,1H3,(H,22,25)/b21-10+. The number of benzene rings is 2. The number of nitrogens with zero attached hydrogens (tertiary/aromatic N) is 2. The normalized spacial score (nSPS) is 11.0. The van der Waals surface area contributed by atoms with Crippen LogP contribution in [0.3, 0.4) is 0 Å². The van der Waals surface area contributed by atoms with Gasteiger partial charge >= 0.3 is 0 Å². The minimum Gasteiger partial charge on any atom is -0.295 e. The van der Waals surface area contributed by atoms with E-state index in [-0.39, 0.29) is 11.5 Å². The van der Waals surface area contributed by atoms with Crippen LogP contribution in [0.15, 0.2) is 62.9 Å². The molecule has 0 saturated heterocycles. The second kappa shape index (κ2) is 7.72. The van der Waals surface area contributed by atoms with Gasteiger partial charge in [0.1, 0.15) is 0 Å². The third kappa shape index (κ3) is 3.95. The first-order chi connectivity index (χ1) is 12.5. The number of carbonyl (C=O) groups excluding carboxylic acids is 1. The largest absolute Gasteiger partial charge is 0.295 e. The number of H-pyrrole nitrogens is 1.